The topological polar surface area (TPSA) is 64.1 Å². The van der Waals surface area contributed by atoms with Gasteiger partial charge in [0.25, 0.3) is 0 Å². The van der Waals surface area contributed by atoms with Crippen molar-refractivity contribution < 1.29 is 9.53 Å². The van der Waals surface area contributed by atoms with Gasteiger partial charge >= 0.3 is 0 Å². The lowest BCUT2D eigenvalue weighted by atomic mass is 10.1. The number of anilines is 2. The Kier molecular flexibility index (Phi) is 5.91. The molecule has 1 heterocycles. The molecule has 0 saturated carbocycles. The van der Waals surface area contributed by atoms with Gasteiger partial charge in [0.2, 0.25) is 5.13 Å². The van der Waals surface area contributed by atoms with Gasteiger partial charge in [0.15, 0.2) is 10.1 Å². The Bertz CT molecular complexity index is 868. The van der Waals surface area contributed by atoms with Gasteiger partial charge < -0.3 is 10.1 Å². The van der Waals surface area contributed by atoms with Gasteiger partial charge in [0.05, 0.1) is 18.6 Å². The van der Waals surface area contributed by atoms with E-state index in [1.165, 1.54) is 23.1 Å². The van der Waals surface area contributed by atoms with Crippen LogP contribution >= 0.6 is 34.7 Å². The zero-order valence-electron chi connectivity index (χ0n) is 13.2. The number of benzene rings is 2. The number of hydrogen-bond acceptors (Lipinski definition) is 7. The third kappa shape index (κ3) is 4.72. The fourth-order valence-corrected chi connectivity index (χ4v) is 3.81. The summed E-state index contributed by atoms with van der Waals surface area (Å²) in [4.78, 5) is 12.2. The molecule has 3 rings (SSSR count). The van der Waals surface area contributed by atoms with Crippen molar-refractivity contribution in [2.24, 2.45) is 0 Å². The first kappa shape index (κ1) is 17.7. The molecule has 25 heavy (non-hydrogen) atoms. The number of halogens is 1. The minimum atomic E-state index is 0.0242. The number of hydrogen-bond donors (Lipinski definition) is 1. The van der Waals surface area contributed by atoms with Crippen LogP contribution < -0.4 is 10.1 Å². The van der Waals surface area contributed by atoms with Crippen molar-refractivity contribution in [3.05, 3.63) is 59.1 Å². The summed E-state index contributed by atoms with van der Waals surface area (Å²) in [5.74, 6) is 1.05. The fourth-order valence-electron chi connectivity index (χ4n) is 2.03. The van der Waals surface area contributed by atoms with Crippen LogP contribution in [0.25, 0.3) is 0 Å². The summed E-state index contributed by atoms with van der Waals surface area (Å²) in [5.41, 5.74) is 1.45. The lowest BCUT2D eigenvalue weighted by Gasteiger charge is -2.07. The Morgan fingerprint density at radius 1 is 1.20 bits per heavy atom. The molecule has 3 aromatic rings. The maximum atomic E-state index is 12.2. The van der Waals surface area contributed by atoms with E-state index in [1.54, 1.807) is 31.4 Å². The van der Waals surface area contributed by atoms with E-state index in [9.17, 15) is 4.79 Å². The number of ketones is 1. The van der Waals surface area contributed by atoms with E-state index in [4.69, 9.17) is 16.3 Å². The molecule has 0 amide bonds. The van der Waals surface area contributed by atoms with E-state index in [0.29, 0.717) is 21.5 Å². The van der Waals surface area contributed by atoms with Gasteiger partial charge in [0.1, 0.15) is 5.75 Å². The molecule has 0 saturated heterocycles. The van der Waals surface area contributed by atoms with Gasteiger partial charge in [0, 0.05) is 10.6 Å². The summed E-state index contributed by atoms with van der Waals surface area (Å²) < 4.78 is 6.02. The first-order chi connectivity index (χ1) is 12.2. The minimum Gasteiger partial charge on any atom is -0.495 e. The first-order valence-electron chi connectivity index (χ1n) is 7.31. The van der Waals surface area contributed by atoms with Crippen molar-refractivity contribution in [3.8, 4) is 5.75 Å². The normalized spacial score (nSPS) is 10.5. The molecular formula is C17H14ClN3O2S2. The molecule has 1 aromatic heterocycles. The number of methoxy groups -OCH3 is 1. The first-order valence-corrected chi connectivity index (χ1v) is 9.49. The number of carbonyl (C=O) groups excluding carboxylic acids is 1. The number of Topliss-reactive ketones (excluding diaryl/α,β-unsaturated/α-hetero) is 1. The van der Waals surface area contributed by atoms with Gasteiger partial charge in [-0.3, -0.25) is 4.79 Å². The van der Waals surface area contributed by atoms with Crippen LogP contribution in [0.1, 0.15) is 10.4 Å². The largest absolute Gasteiger partial charge is 0.495 e. The molecule has 1 N–H and O–H groups in total. The van der Waals surface area contributed by atoms with Crippen LogP contribution in [0.2, 0.25) is 5.02 Å². The SMILES string of the molecule is COc1ccccc1Nc1nnc(SCC(=O)c2ccc(Cl)cc2)s1. The summed E-state index contributed by atoms with van der Waals surface area (Å²) in [5, 5.41) is 12.6. The monoisotopic (exact) mass is 391 g/mol. The van der Waals surface area contributed by atoms with Crippen molar-refractivity contribution in [3.63, 3.8) is 0 Å². The number of aromatic nitrogens is 2. The summed E-state index contributed by atoms with van der Waals surface area (Å²) in [6.07, 6.45) is 0. The maximum absolute atomic E-state index is 12.2. The molecule has 0 atom stereocenters. The van der Waals surface area contributed by atoms with Crippen LogP contribution in [-0.2, 0) is 0 Å². The molecule has 0 aliphatic heterocycles. The molecule has 8 heteroatoms. The van der Waals surface area contributed by atoms with E-state index in [2.05, 4.69) is 15.5 Å². The zero-order valence-corrected chi connectivity index (χ0v) is 15.6. The second kappa shape index (κ2) is 8.33. The Morgan fingerprint density at radius 3 is 2.72 bits per heavy atom. The molecule has 0 aliphatic carbocycles. The van der Waals surface area contributed by atoms with E-state index in [-0.39, 0.29) is 5.78 Å². The highest BCUT2D eigenvalue weighted by Crippen LogP contribution is 2.31. The van der Waals surface area contributed by atoms with Crippen LogP contribution in [-0.4, -0.2) is 28.8 Å². The van der Waals surface area contributed by atoms with E-state index >= 15 is 0 Å². The van der Waals surface area contributed by atoms with Crippen molar-refractivity contribution in [1.29, 1.82) is 0 Å². The number of carbonyl (C=O) groups is 1. The summed E-state index contributed by atoms with van der Waals surface area (Å²) in [7, 11) is 1.62. The molecule has 5 nitrogen and oxygen atoms in total. The van der Waals surface area contributed by atoms with Gasteiger partial charge in [-0.25, -0.2) is 0 Å². The van der Waals surface area contributed by atoms with Gasteiger partial charge in [-0.1, -0.05) is 46.8 Å². The van der Waals surface area contributed by atoms with Crippen molar-refractivity contribution in [2.75, 3.05) is 18.2 Å². The van der Waals surface area contributed by atoms with E-state index in [0.717, 1.165) is 15.8 Å². The molecule has 0 aliphatic rings. The Hall–Kier alpha value is -2.09. The molecule has 0 bridgehead atoms. The second-order valence-electron chi connectivity index (χ2n) is 4.92. The maximum Gasteiger partial charge on any atom is 0.210 e. The smallest absolute Gasteiger partial charge is 0.210 e. The number of ether oxygens (including phenoxy) is 1. The number of rotatable bonds is 7. The minimum absolute atomic E-state index is 0.0242. The average Bonchev–Trinajstić information content (AvgIpc) is 3.08. The molecular weight excluding hydrogens is 378 g/mol. The zero-order chi connectivity index (χ0) is 17.6. The van der Waals surface area contributed by atoms with E-state index < -0.39 is 0 Å². The van der Waals surface area contributed by atoms with Crippen LogP contribution in [0.3, 0.4) is 0 Å². The lowest BCUT2D eigenvalue weighted by molar-refractivity contribution is 0.102. The quantitative estimate of drug-likeness (QED) is 0.455. The Morgan fingerprint density at radius 2 is 1.96 bits per heavy atom. The van der Waals surface area contributed by atoms with Crippen LogP contribution in [0, 0.1) is 0 Å². The molecule has 2 aromatic carbocycles. The van der Waals surface area contributed by atoms with Gasteiger partial charge in [-0.2, -0.15) is 0 Å². The molecule has 0 unspecified atom stereocenters. The standard InChI is InChI=1S/C17H14ClN3O2S2/c1-23-15-5-3-2-4-13(15)19-16-20-21-17(25-16)24-10-14(22)11-6-8-12(18)9-7-11/h2-9H,10H2,1H3,(H,19,20). The number of thioether (sulfide) groups is 1. The number of nitrogens with zero attached hydrogens (tertiary/aromatic N) is 2. The molecule has 0 spiro atoms. The van der Waals surface area contributed by atoms with Gasteiger partial charge in [-0.15, -0.1) is 10.2 Å². The van der Waals surface area contributed by atoms with Crippen molar-refractivity contribution >= 4 is 51.3 Å². The fraction of sp³-hybridized carbons (Fsp3) is 0.118. The summed E-state index contributed by atoms with van der Waals surface area (Å²) in [6.45, 7) is 0. The third-order valence-electron chi connectivity index (χ3n) is 3.25. The van der Waals surface area contributed by atoms with E-state index in [1.807, 2.05) is 24.3 Å². The van der Waals surface area contributed by atoms with Crippen LogP contribution in [0.15, 0.2) is 52.9 Å². The highest BCUT2D eigenvalue weighted by molar-refractivity contribution is 8.01. The Labute approximate surface area is 158 Å². The number of para-hydroxylation sites is 2. The van der Waals surface area contributed by atoms with Crippen molar-refractivity contribution in [1.82, 2.24) is 10.2 Å². The summed E-state index contributed by atoms with van der Waals surface area (Å²) >= 11 is 8.58. The highest BCUT2D eigenvalue weighted by Gasteiger charge is 2.11. The van der Waals surface area contributed by atoms with Gasteiger partial charge in [-0.05, 0) is 36.4 Å². The molecule has 128 valence electrons. The third-order valence-corrected chi connectivity index (χ3v) is 5.47. The predicted octanol–water partition coefficient (Wildman–Crippen LogP) is 4.92. The van der Waals surface area contributed by atoms with Crippen LogP contribution in [0.4, 0.5) is 10.8 Å². The predicted molar refractivity (Wildman–Crippen MR) is 103 cm³/mol. The average molecular weight is 392 g/mol. The Balaban J connectivity index is 1.60. The number of nitrogens with one attached hydrogen (secondary N) is 1. The van der Waals surface area contributed by atoms with Crippen LogP contribution in [0.5, 0.6) is 5.75 Å². The lowest BCUT2D eigenvalue weighted by Crippen LogP contribution is -2.01. The second-order valence-corrected chi connectivity index (χ2v) is 7.55. The summed E-state index contributed by atoms with van der Waals surface area (Å²) in [6, 6.07) is 14.4. The molecule has 0 radical (unpaired) electrons. The van der Waals surface area contributed by atoms with Crippen molar-refractivity contribution in [2.45, 2.75) is 4.34 Å². The highest BCUT2D eigenvalue weighted by atomic mass is 35.5. The molecule has 0 fully saturated rings.